The number of esters is 1. The number of benzene rings is 1. The van der Waals surface area contributed by atoms with Crippen LogP contribution in [-0.4, -0.2) is 55.2 Å². The van der Waals surface area contributed by atoms with E-state index in [1.807, 2.05) is 4.90 Å². The predicted octanol–water partition coefficient (Wildman–Crippen LogP) is 0.264. The Balaban J connectivity index is 2.18. The quantitative estimate of drug-likeness (QED) is 0.759. The Morgan fingerprint density at radius 3 is 2.91 bits per heavy atom. The van der Waals surface area contributed by atoms with Gasteiger partial charge < -0.3 is 19.9 Å². The smallest absolute Gasteiger partial charge is 0.307 e. The van der Waals surface area contributed by atoms with Crippen LogP contribution < -0.4 is 10.1 Å². The van der Waals surface area contributed by atoms with Crippen LogP contribution in [0.5, 0.6) is 11.5 Å². The van der Waals surface area contributed by atoms with Crippen LogP contribution in [0.3, 0.4) is 0 Å². The number of rotatable bonds is 5. The second-order valence-electron chi connectivity index (χ2n) is 5.03. The van der Waals surface area contributed by atoms with Crippen LogP contribution in [0.1, 0.15) is 12.0 Å². The van der Waals surface area contributed by atoms with E-state index in [-0.39, 0.29) is 18.1 Å². The van der Waals surface area contributed by atoms with Crippen molar-refractivity contribution >= 4 is 11.9 Å². The molecule has 7 nitrogen and oxygen atoms in total. The lowest BCUT2D eigenvalue weighted by Crippen LogP contribution is -2.55. The molecular weight excluding hydrogens is 288 g/mol. The summed E-state index contributed by atoms with van der Waals surface area (Å²) in [5.74, 6) is -0.225. The molecule has 0 aromatic heterocycles. The Morgan fingerprint density at radius 1 is 1.45 bits per heavy atom. The number of aromatic hydroxyl groups is 1. The molecule has 22 heavy (non-hydrogen) atoms. The van der Waals surface area contributed by atoms with Crippen molar-refractivity contribution in [2.24, 2.45) is 0 Å². The van der Waals surface area contributed by atoms with Crippen LogP contribution in [0.25, 0.3) is 0 Å². The molecule has 0 spiro atoms. The molecule has 0 bridgehead atoms. The molecule has 0 radical (unpaired) electrons. The molecule has 2 N–H and O–H groups in total. The van der Waals surface area contributed by atoms with E-state index in [0.29, 0.717) is 30.9 Å². The Labute approximate surface area is 128 Å². The van der Waals surface area contributed by atoms with Gasteiger partial charge in [0.1, 0.15) is 6.04 Å². The third-order valence-electron chi connectivity index (χ3n) is 3.71. The molecule has 1 heterocycles. The van der Waals surface area contributed by atoms with Crippen molar-refractivity contribution in [3.63, 3.8) is 0 Å². The lowest BCUT2D eigenvalue weighted by molar-refractivity contribution is -0.146. The van der Waals surface area contributed by atoms with Crippen LogP contribution in [-0.2, 0) is 20.9 Å². The molecule has 1 aromatic rings. The molecule has 7 heteroatoms. The van der Waals surface area contributed by atoms with Gasteiger partial charge in [-0.1, -0.05) is 12.1 Å². The van der Waals surface area contributed by atoms with Crippen molar-refractivity contribution in [3.8, 4) is 11.5 Å². The Hall–Kier alpha value is -2.28. The molecule has 0 saturated carbocycles. The number of phenolic OH excluding ortho intramolecular Hbond substituents is 1. The first kappa shape index (κ1) is 16.1. The van der Waals surface area contributed by atoms with E-state index in [2.05, 4.69) is 10.1 Å². The number of nitrogens with one attached hydrogen (secondary N) is 1. The highest BCUT2D eigenvalue weighted by atomic mass is 16.5. The number of piperazine rings is 1. The van der Waals surface area contributed by atoms with Gasteiger partial charge in [-0.15, -0.1) is 0 Å². The molecule has 0 aliphatic carbocycles. The fraction of sp³-hybridized carbons (Fsp3) is 0.467. The summed E-state index contributed by atoms with van der Waals surface area (Å²) < 4.78 is 9.73. The van der Waals surface area contributed by atoms with Crippen LogP contribution >= 0.6 is 0 Å². The fourth-order valence-corrected chi connectivity index (χ4v) is 2.49. The minimum atomic E-state index is -0.605. The van der Waals surface area contributed by atoms with E-state index in [4.69, 9.17) is 4.74 Å². The maximum absolute atomic E-state index is 12.0. The topological polar surface area (TPSA) is 88.1 Å². The number of hydrogen-bond donors (Lipinski definition) is 2. The van der Waals surface area contributed by atoms with Crippen molar-refractivity contribution in [1.29, 1.82) is 0 Å². The van der Waals surface area contributed by atoms with Gasteiger partial charge in [-0.05, 0) is 6.07 Å². The third-order valence-corrected chi connectivity index (χ3v) is 3.71. The second kappa shape index (κ2) is 7.13. The van der Waals surface area contributed by atoms with Crippen molar-refractivity contribution in [2.45, 2.75) is 19.0 Å². The highest BCUT2D eigenvalue weighted by Crippen LogP contribution is 2.31. The number of para-hydroxylation sites is 1. The lowest BCUT2D eigenvalue weighted by Gasteiger charge is -2.34. The van der Waals surface area contributed by atoms with Gasteiger partial charge >= 0.3 is 5.97 Å². The highest BCUT2D eigenvalue weighted by Gasteiger charge is 2.32. The van der Waals surface area contributed by atoms with Gasteiger partial charge in [0.25, 0.3) is 0 Å². The van der Waals surface area contributed by atoms with Crippen LogP contribution in [0.15, 0.2) is 18.2 Å². The van der Waals surface area contributed by atoms with Crippen LogP contribution in [0.2, 0.25) is 0 Å². The zero-order chi connectivity index (χ0) is 16.1. The molecular formula is C15H20N2O5. The first-order valence-corrected chi connectivity index (χ1v) is 7.00. The summed E-state index contributed by atoms with van der Waals surface area (Å²) in [7, 11) is 2.77. The van der Waals surface area contributed by atoms with Gasteiger partial charge in [-0.25, -0.2) is 0 Å². The van der Waals surface area contributed by atoms with Gasteiger partial charge in [-0.2, -0.15) is 0 Å². The molecule has 1 fully saturated rings. The van der Waals surface area contributed by atoms with Gasteiger partial charge in [0.2, 0.25) is 5.91 Å². The summed E-state index contributed by atoms with van der Waals surface area (Å²) >= 11 is 0. The SMILES string of the molecule is COC(=O)C[C@H]1C(=O)NCCN1Cc1cccc(OC)c1O. The van der Waals surface area contributed by atoms with Crippen LogP contribution in [0, 0.1) is 0 Å². The Kier molecular flexibility index (Phi) is 5.21. The number of carbonyl (C=O) groups is 2. The van der Waals surface area contributed by atoms with Crippen molar-refractivity contribution in [3.05, 3.63) is 23.8 Å². The van der Waals surface area contributed by atoms with E-state index >= 15 is 0 Å². The molecule has 1 aliphatic rings. The standard InChI is InChI=1S/C15H20N2O5/c1-21-12-5-3-4-10(14(12)19)9-17-7-6-16-15(20)11(17)8-13(18)22-2/h3-5,11,19H,6-9H2,1-2H3,(H,16,20)/t11-/m0/s1. The number of phenols is 1. The van der Waals surface area contributed by atoms with Gasteiger partial charge in [-0.3, -0.25) is 14.5 Å². The molecule has 1 atom stereocenters. The van der Waals surface area contributed by atoms with Crippen molar-refractivity contribution < 1.29 is 24.2 Å². The van der Waals surface area contributed by atoms with E-state index in [0.717, 1.165) is 0 Å². The number of ether oxygens (including phenoxy) is 2. The normalized spacial score (nSPS) is 18.6. The summed E-state index contributed by atoms with van der Waals surface area (Å²) in [4.78, 5) is 25.4. The monoisotopic (exact) mass is 308 g/mol. The first-order valence-electron chi connectivity index (χ1n) is 7.00. The average molecular weight is 308 g/mol. The summed E-state index contributed by atoms with van der Waals surface area (Å²) in [6.07, 6.45) is -0.0208. The predicted molar refractivity (Wildman–Crippen MR) is 78.5 cm³/mol. The number of amides is 1. The van der Waals surface area contributed by atoms with Gasteiger partial charge in [0.05, 0.1) is 20.6 Å². The fourth-order valence-electron chi connectivity index (χ4n) is 2.49. The molecule has 1 aliphatic heterocycles. The Bertz CT molecular complexity index is 561. The largest absolute Gasteiger partial charge is 0.504 e. The molecule has 120 valence electrons. The number of nitrogens with zero attached hydrogens (tertiary/aromatic N) is 1. The lowest BCUT2D eigenvalue weighted by atomic mass is 10.1. The molecule has 1 aromatic carbocycles. The van der Waals surface area contributed by atoms with E-state index in [1.165, 1.54) is 14.2 Å². The average Bonchev–Trinajstić information content (AvgIpc) is 2.52. The first-order chi connectivity index (χ1) is 10.6. The maximum atomic E-state index is 12.0. The second-order valence-corrected chi connectivity index (χ2v) is 5.03. The summed E-state index contributed by atoms with van der Waals surface area (Å²) in [6, 6.07) is 4.59. The minimum Gasteiger partial charge on any atom is -0.504 e. The van der Waals surface area contributed by atoms with Gasteiger partial charge in [0.15, 0.2) is 11.5 Å². The number of carbonyl (C=O) groups excluding carboxylic acids is 2. The summed E-state index contributed by atoms with van der Waals surface area (Å²) in [5.41, 5.74) is 0.643. The number of methoxy groups -OCH3 is 2. The summed E-state index contributed by atoms with van der Waals surface area (Å²) in [6.45, 7) is 1.43. The number of hydrogen-bond acceptors (Lipinski definition) is 6. The van der Waals surface area contributed by atoms with Crippen LogP contribution in [0.4, 0.5) is 0 Å². The maximum Gasteiger partial charge on any atom is 0.307 e. The Morgan fingerprint density at radius 2 is 2.23 bits per heavy atom. The molecule has 0 unspecified atom stereocenters. The van der Waals surface area contributed by atoms with E-state index in [9.17, 15) is 14.7 Å². The van der Waals surface area contributed by atoms with Crippen molar-refractivity contribution in [1.82, 2.24) is 10.2 Å². The minimum absolute atomic E-state index is 0.0208. The molecule has 2 rings (SSSR count). The summed E-state index contributed by atoms with van der Waals surface area (Å²) in [5, 5.41) is 12.9. The van der Waals surface area contributed by atoms with E-state index < -0.39 is 12.0 Å². The van der Waals surface area contributed by atoms with Gasteiger partial charge in [0, 0.05) is 25.2 Å². The molecule has 1 saturated heterocycles. The van der Waals surface area contributed by atoms with E-state index in [1.54, 1.807) is 18.2 Å². The third kappa shape index (κ3) is 3.48. The van der Waals surface area contributed by atoms with Crippen molar-refractivity contribution in [2.75, 3.05) is 27.3 Å². The zero-order valence-corrected chi connectivity index (χ0v) is 12.7. The highest BCUT2D eigenvalue weighted by molar-refractivity contribution is 5.87. The zero-order valence-electron chi connectivity index (χ0n) is 12.7. The molecule has 1 amide bonds.